The normalized spacial score (nSPS) is 12.2. The van der Waals surface area contributed by atoms with Crippen LogP contribution in [0.25, 0.3) is 0 Å². The molecule has 208 valence electrons. The lowest BCUT2D eigenvalue weighted by Crippen LogP contribution is -2.51. The van der Waals surface area contributed by atoms with E-state index in [2.05, 4.69) is 5.32 Å². The molecule has 0 aliphatic carbocycles. The summed E-state index contributed by atoms with van der Waals surface area (Å²) in [6, 6.07) is 17.3. The predicted octanol–water partition coefficient (Wildman–Crippen LogP) is 5.17. The molecule has 0 aliphatic heterocycles. The first-order chi connectivity index (χ1) is 18.4. The number of carbonyl (C=O) groups is 2. The third-order valence-corrected chi connectivity index (χ3v) is 8.11. The number of carbonyl (C=O) groups excluding carboxylic acids is 2. The van der Waals surface area contributed by atoms with Crippen molar-refractivity contribution in [3.05, 3.63) is 94.8 Å². The molecule has 0 heterocycles. The highest BCUT2D eigenvalue weighted by Gasteiger charge is 2.33. The monoisotopic (exact) mass is 573 g/mol. The molecule has 2 amide bonds. The van der Waals surface area contributed by atoms with Gasteiger partial charge in [0.25, 0.3) is 10.0 Å². The molecule has 0 radical (unpaired) electrons. The van der Waals surface area contributed by atoms with Gasteiger partial charge in [0, 0.05) is 18.1 Å². The summed E-state index contributed by atoms with van der Waals surface area (Å²) in [5, 5.41) is 3.27. The van der Waals surface area contributed by atoms with Gasteiger partial charge < -0.3 is 10.2 Å². The van der Waals surface area contributed by atoms with Gasteiger partial charge in [0.2, 0.25) is 11.8 Å². The molecule has 0 aliphatic rings. The number of halogens is 2. The van der Waals surface area contributed by atoms with E-state index in [1.807, 2.05) is 20.8 Å². The molecule has 10 heteroatoms. The fourth-order valence-electron chi connectivity index (χ4n) is 3.87. The van der Waals surface area contributed by atoms with Crippen molar-refractivity contribution < 1.29 is 22.4 Å². The Morgan fingerprint density at radius 1 is 0.974 bits per heavy atom. The van der Waals surface area contributed by atoms with E-state index >= 15 is 0 Å². The Morgan fingerprint density at radius 2 is 1.64 bits per heavy atom. The molecule has 0 saturated carbocycles. The van der Waals surface area contributed by atoms with Gasteiger partial charge in [-0.05, 0) is 61.7 Å². The number of nitrogens with one attached hydrogen (secondary N) is 1. The Hall–Kier alpha value is -3.43. The standard InChI is InChI=1S/C29H33ClFN3O4S/c1-20(2)17-32-29(36)22(4)33(18-23-8-7-9-24(30)16-23)28(35)19-34(27-11-6-5-10-26(27)31)39(37,38)25-14-12-21(3)13-15-25/h5-16,20,22H,17-19H2,1-4H3,(H,32,36). The lowest BCUT2D eigenvalue weighted by atomic mass is 10.1. The second-order valence-electron chi connectivity index (χ2n) is 9.74. The number of hydrogen-bond donors (Lipinski definition) is 1. The minimum absolute atomic E-state index is 0.00858. The summed E-state index contributed by atoms with van der Waals surface area (Å²) < 4.78 is 43.2. The maximum atomic E-state index is 14.9. The van der Waals surface area contributed by atoms with Crippen molar-refractivity contribution in [3.8, 4) is 0 Å². The van der Waals surface area contributed by atoms with Gasteiger partial charge in [-0.1, -0.05) is 67.4 Å². The van der Waals surface area contributed by atoms with E-state index in [0.717, 1.165) is 15.9 Å². The first kappa shape index (κ1) is 30.1. The van der Waals surface area contributed by atoms with E-state index in [4.69, 9.17) is 11.6 Å². The van der Waals surface area contributed by atoms with Crippen LogP contribution in [0.5, 0.6) is 0 Å². The van der Waals surface area contributed by atoms with Crippen LogP contribution in [0.4, 0.5) is 10.1 Å². The number of sulfonamides is 1. The first-order valence-electron chi connectivity index (χ1n) is 12.6. The van der Waals surface area contributed by atoms with Crippen molar-refractivity contribution in [1.82, 2.24) is 10.2 Å². The van der Waals surface area contributed by atoms with Crippen LogP contribution in [0.1, 0.15) is 31.9 Å². The largest absolute Gasteiger partial charge is 0.354 e. The van der Waals surface area contributed by atoms with Crippen molar-refractivity contribution in [2.45, 2.75) is 45.2 Å². The molecule has 39 heavy (non-hydrogen) atoms. The number of para-hydroxylation sites is 1. The molecular formula is C29H33ClFN3O4S. The summed E-state index contributed by atoms with van der Waals surface area (Å²) in [6.45, 7) is 6.95. The van der Waals surface area contributed by atoms with Gasteiger partial charge in [-0.15, -0.1) is 0 Å². The molecule has 0 aromatic heterocycles. The molecule has 3 aromatic rings. The van der Waals surface area contributed by atoms with Gasteiger partial charge >= 0.3 is 0 Å². The Bertz CT molecular complexity index is 1410. The molecule has 0 spiro atoms. The number of rotatable bonds is 11. The lowest BCUT2D eigenvalue weighted by molar-refractivity contribution is -0.139. The minimum Gasteiger partial charge on any atom is -0.354 e. The quantitative estimate of drug-likeness (QED) is 0.343. The predicted molar refractivity (Wildman–Crippen MR) is 151 cm³/mol. The smallest absolute Gasteiger partial charge is 0.264 e. The molecule has 3 rings (SSSR count). The fourth-order valence-corrected chi connectivity index (χ4v) is 5.51. The maximum absolute atomic E-state index is 14.9. The molecule has 0 fully saturated rings. The zero-order valence-corrected chi connectivity index (χ0v) is 24.0. The van der Waals surface area contributed by atoms with Crippen LogP contribution in [0.2, 0.25) is 5.02 Å². The molecule has 0 saturated heterocycles. The van der Waals surface area contributed by atoms with Crippen LogP contribution in [0.3, 0.4) is 0 Å². The first-order valence-corrected chi connectivity index (χ1v) is 14.4. The molecule has 3 aromatic carbocycles. The van der Waals surface area contributed by atoms with Crippen LogP contribution in [0, 0.1) is 18.7 Å². The van der Waals surface area contributed by atoms with Crippen LogP contribution < -0.4 is 9.62 Å². The number of anilines is 1. The van der Waals surface area contributed by atoms with Crippen molar-refractivity contribution in [2.24, 2.45) is 5.92 Å². The second-order valence-corrected chi connectivity index (χ2v) is 12.0. The third kappa shape index (κ3) is 7.80. The second kappa shape index (κ2) is 13.1. The van der Waals surface area contributed by atoms with E-state index in [1.165, 1.54) is 35.2 Å². The molecule has 1 atom stereocenters. The number of hydrogen-bond acceptors (Lipinski definition) is 4. The summed E-state index contributed by atoms with van der Waals surface area (Å²) in [7, 11) is -4.34. The van der Waals surface area contributed by atoms with E-state index in [-0.39, 0.29) is 23.0 Å². The van der Waals surface area contributed by atoms with Crippen LogP contribution >= 0.6 is 11.6 Å². The van der Waals surface area contributed by atoms with E-state index < -0.39 is 40.2 Å². The van der Waals surface area contributed by atoms with Crippen LogP contribution in [-0.2, 0) is 26.2 Å². The number of nitrogens with zero attached hydrogens (tertiary/aromatic N) is 2. The van der Waals surface area contributed by atoms with Crippen molar-refractivity contribution in [3.63, 3.8) is 0 Å². The molecular weight excluding hydrogens is 541 g/mol. The zero-order chi connectivity index (χ0) is 28.7. The third-order valence-electron chi connectivity index (χ3n) is 6.10. The molecule has 1 N–H and O–H groups in total. The highest BCUT2D eigenvalue weighted by atomic mass is 35.5. The summed E-state index contributed by atoms with van der Waals surface area (Å²) >= 11 is 6.14. The van der Waals surface area contributed by atoms with E-state index in [9.17, 15) is 22.4 Å². The molecule has 0 bridgehead atoms. The van der Waals surface area contributed by atoms with Crippen LogP contribution in [-0.4, -0.2) is 44.3 Å². The van der Waals surface area contributed by atoms with Crippen molar-refractivity contribution in [2.75, 3.05) is 17.4 Å². The average molecular weight is 574 g/mol. The Labute approximate surface area is 234 Å². The van der Waals surface area contributed by atoms with Crippen molar-refractivity contribution >= 4 is 39.1 Å². The van der Waals surface area contributed by atoms with E-state index in [1.54, 1.807) is 43.3 Å². The molecule has 1 unspecified atom stereocenters. The highest BCUT2D eigenvalue weighted by Crippen LogP contribution is 2.27. The minimum atomic E-state index is -4.34. The summed E-state index contributed by atoms with van der Waals surface area (Å²) in [4.78, 5) is 28.0. The van der Waals surface area contributed by atoms with Gasteiger partial charge in [-0.2, -0.15) is 0 Å². The summed E-state index contributed by atoms with van der Waals surface area (Å²) in [6.07, 6.45) is 0. The van der Waals surface area contributed by atoms with Crippen LogP contribution in [0.15, 0.2) is 77.7 Å². The summed E-state index contributed by atoms with van der Waals surface area (Å²) in [5.74, 6) is -1.68. The van der Waals surface area contributed by atoms with Gasteiger partial charge in [-0.3, -0.25) is 13.9 Å². The highest BCUT2D eigenvalue weighted by molar-refractivity contribution is 7.92. The summed E-state index contributed by atoms with van der Waals surface area (Å²) in [5.41, 5.74) is 1.22. The maximum Gasteiger partial charge on any atom is 0.264 e. The topological polar surface area (TPSA) is 86.8 Å². The average Bonchev–Trinajstić information content (AvgIpc) is 2.89. The Morgan fingerprint density at radius 3 is 2.26 bits per heavy atom. The molecule has 7 nitrogen and oxygen atoms in total. The lowest BCUT2D eigenvalue weighted by Gasteiger charge is -2.32. The van der Waals surface area contributed by atoms with Gasteiger partial charge in [0.05, 0.1) is 10.6 Å². The van der Waals surface area contributed by atoms with Gasteiger partial charge in [0.15, 0.2) is 0 Å². The Kier molecular flexibility index (Phi) is 10.1. The van der Waals surface area contributed by atoms with Crippen molar-refractivity contribution in [1.29, 1.82) is 0 Å². The number of aryl methyl sites for hydroxylation is 1. The SMILES string of the molecule is Cc1ccc(S(=O)(=O)N(CC(=O)N(Cc2cccc(Cl)c2)C(C)C(=O)NCC(C)C)c2ccccc2F)cc1. The van der Waals surface area contributed by atoms with E-state index in [0.29, 0.717) is 17.1 Å². The fraction of sp³-hybridized carbons (Fsp3) is 0.310. The number of benzene rings is 3. The zero-order valence-electron chi connectivity index (χ0n) is 22.4. The Balaban J connectivity index is 2.02. The van der Waals surface area contributed by atoms with Gasteiger partial charge in [0.1, 0.15) is 18.4 Å². The van der Waals surface area contributed by atoms with Gasteiger partial charge in [-0.25, -0.2) is 12.8 Å². The number of amides is 2.